The summed E-state index contributed by atoms with van der Waals surface area (Å²) in [6.45, 7) is 7.85. The van der Waals surface area contributed by atoms with Gasteiger partial charge in [-0.2, -0.15) is 0 Å². The fourth-order valence-electron chi connectivity index (χ4n) is 3.80. The van der Waals surface area contributed by atoms with Gasteiger partial charge in [-0.25, -0.2) is 4.98 Å². The maximum atomic E-state index is 4.88. The maximum Gasteiger partial charge on any atom is 0.194 e. The first kappa shape index (κ1) is 22.4. The van der Waals surface area contributed by atoms with E-state index in [2.05, 4.69) is 68.4 Å². The van der Waals surface area contributed by atoms with Crippen LogP contribution in [0.4, 0.5) is 5.69 Å². The van der Waals surface area contributed by atoms with Crippen LogP contribution in [0.2, 0.25) is 0 Å². The van der Waals surface area contributed by atoms with Crippen LogP contribution < -0.4 is 10.2 Å². The zero-order valence-electron chi connectivity index (χ0n) is 17.6. The minimum absolute atomic E-state index is 0. The Morgan fingerprint density at radius 1 is 1.03 bits per heavy atom. The fraction of sp³-hybridized carbons (Fsp3) is 0.391. The molecule has 0 aliphatic carbocycles. The second-order valence-corrected chi connectivity index (χ2v) is 7.35. The standard InChI is InChI=1S/C23H30N6.HI/c1-2-24-23(29-17-15-28(16-18-29)19-9-4-3-5-10-19)25-14-8-13-22-26-20-11-6-7-12-21(20)27-22;/h3-7,9-12H,2,8,13-18H2,1H3,(H,24,25)(H,26,27);1H. The summed E-state index contributed by atoms with van der Waals surface area (Å²) in [5, 5.41) is 3.46. The summed E-state index contributed by atoms with van der Waals surface area (Å²) >= 11 is 0. The number of hydrogen-bond acceptors (Lipinski definition) is 3. The molecule has 4 rings (SSSR count). The molecule has 1 fully saturated rings. The van der Waals surface area contributed by atoms with Crippen LogP contribution in [-0.4, -0.2) is 60.1 Å². The molecule has 1 aromatic heterocycles. The molecule has 2 N–H and O–H groups in total. The van der Waals surface area contributed by atoms with E-state index in [-0.39, 0.29) is 24.0 Å². The molecular weight excluding hydrogens is 487 g/mol. The van der Waals surface area contributed by atoms with E-state index in [0.29, 0.717) is 0 Å². The fourth-order valence-corrected chi connectivity index (χ4v) is 3.80. The molecule has 160 valence electrons. The number of anilines is 1. The lowest BCUT2D eigenvalue weighted by Crippen LogP contribution is -2.52. The molecule has 7 heteroatoms. The lowest BCUT2D eigenvalue weighted by Gasteiger charge is -2.37. The highest BCUT2D eigenvalue weighted by Crippen LogP contribution is 2.16. The summed E-state index contributed by atoms with van der Waals surface area (Å²) in [6.07, 6.45) is 1.90. The number of aromatic amines is 1. The van der Waals surface area contributed by atoms with Crippen molar-refractivity contribution in [1.82, 2.24) is 20.2 Å². The molecular formula is C23H31IN6. The highest BCUT2D eigenvalue weighted by Gasteiger charge is 2.19. The second-order valence-electron chi connectivity index (χ2n) is 7.35. The van der Waals surface area contributed by atoms with Gasteiger partial charge in [0.05, 0.1) is 11.0 Å². The third-order valence-corrected chi connectivity index (χ3v) is 5.31. The predicted octanol–water partition coefficient (Wildman–Crippen LogP) is 3.90. The van der Waals surface area contributed by atoms with Crippen LogP contribution in [0, 0.1) is 0 Å². The third kappa shape index (κ3) is 5.65. The molecule has 0 saturated carbocycles. The molecule has 1 saturated heterocycles. The van der Waals surface area contributed by atoms with Crippen molar-refractivity contribution in [2.75, 3.05) is 44.2 Å². The van der Waals surface area contributed by atoms with Gasteiger partial charge in [0.1, 0.15) is 5.82 Å². The quantitative estimate of drug-likeness (QED) is 0.225. The molecule has 1 aliphatic rings. The van der Waals surface area contributed by atoms with Crippen molar-refractivity contribution in [2.24, 2.45) is 4.99 Å². The van der Waals surface area contributed by atoms with Gasteiger partial charge in [-0.1, -0.05) is 30.3 Å². The number of rotatable bonds is 6. The van der Waals surface area contributed by atoms with E-state index in [0.717, 1.165) is 74.9 Å². The first-order valence-electron chi connectivity index (χ1n) is 10.6. The molecule has 3 aromatic rings. The van der Waals surface area contributed by atoms with Crippen LogP contribution in [0.15, 0.2) is 59.6 Å². The van der Waals surface area contributed by atoms with Crippen LogP contribution in [0.5, 0.6) is 0 Å². The lowest BCUT2D eigenvalue weighted by atomic mass is 10.2. The first-order chi connectivity index (χ1) is 14.3. The third-order valence-electron chi connectivity index (χ3n) is 5.31. The van der Waals surface area contributed by atoms with Crippen molar-refractivity contribution < 1.29 is 0 Å². The number of nitrogens with one attached hydrogen (secondary N) is 2. The second kappa shape index (κ2) is 11.2. The topological polar surface area (TPSA) is 59.6 Å². The smallest absolute Gasteiger partial charge is 0.194 e. The number of halogens is 1. The average molecular weight is 518 g/mol. The summed E-state index contributed by atoms with van der Waals surface area (Å²) in [6, 6.07) is 18.8. The zero-order valence-corrected chi connectivity index (χ0v) is 19.9. The molecule has 0 atom stereocenters. The normalized spacial score (nSPS) is 14.6. The molecule has 0 spiro atoms. The van der Waals surface area contributed by atoms with Crippen molar-refractivity contribution >= 4 is 46.7 Å². The number of guanidine groups is 1. The zero-order chi connectivity index (χ0) is 19.9. The van der Waals surface area contributed by atoms with Crippen LogP contribution >= 0.6 is 24.0 Å². The Balaban J connectivity index is 0.00000256. The molecule has 2 aromatic carbocycles. The van der Waals surface area contributed by atoms with Gasteiger partial charge in [-0.05, 0) is 37.6 Å². The number of nitrogens with zero attached hydrogens (tertiary/aromatic N) is 4. The van der Waals surface area contributed by atoms with Gasteiger partial charge in [0.25, 0.3) is 0 Å². The monoisotopic (exact) mass is 518 g/mol. The summed E-state index contributed by atoms with van der Waals surface area (Å²) < 4.78 is 0. The summed E-state index contributed by atoms with van der Waals surface area (Å²) in [5.41, 5.74) is 3.45. The Morgan fingerprint density at radius 3 is 2.50 bits per heavy atom. The number of H-pyrrole nitrogens is 1. The van der Waals surface area contributed by atoms with Gasteiger partial charge >= 0.3 is 0 Å². The van der Waals surface area contributed by atoms with Crippen LogP contribution in [0.25, 0.3) is 11.0 Å². The average Bonchev–Trinajstić information content (AvgIpc) is 3.19. The molecule has 30 heavy (non-hydrogen) atoms. The van der Waals surface area contributed by atoms with E-state index in [1.807, 2.05) is 18.2 Å². The van der Waals surface area contributed by atoms with Crippen molar-refractivity contribution in [2.45, 2.75) is 19.8 Å². The van der Waals surface area contributed by atoms with Crippen LogP contribution in [0.1, 0.15) is 19.2 Å². The minimum atomic E-state index is 0. The number of fused-ring (bicyclic) bond motifs is 1. The van der Waals surface area contributed by atoms with E-state index in [4.69, 9.17) is 4.99 Å². The number of imidazole rings is 1. The number of aromatic nitrogens is 2. The predicted molar refractivity (Wildman–Crippen MR) is 136 cm³/mol. The first-order valence-corrected chi connectivity index (χ1v) is 10.6. The van der Waals surface area contributed by atoms with Gasteiger partial charge in [0.2, 0.25) is 0 Å². The van der Waals surface area contributed by atoms with E-state index in [9.17, 15) is 0 Å². The van der Waals surface area contributed by atoms with Gasteiger partial charge < -0.3 is 20.1 Å². The van der Waals surface area contributed by atoms with E-state index in [1.165, 1.54) is 5.69 Å². The Hall–Kier alpha value is -2.29. The Labute approximate surface area is 195 Å². The van der Waals surface area contributed by atoms with E-state index < -0.39 is 0 Å². The molecule has 2 heterocycles. The molecule has 6 nitrogen and oxygen atoms in total. The number of piperazine rings is 1. The summed E-state index contributed by atoms with van der Waals surface area (Å²) in [5.74, 6) is 2.08. The van der Waals surface area contributed by atoms with Gasteiger partial charge in [0.15, 0.2) is 5.96 Å². The van der Waals surface area contributed by atoms with E-state index >= 15 is 0 Å². The Morgan fingerprint density at radius 2 is 1.77 bits per heavy atom. The van der Waals surface area contributed by atoms with Gasteiger partial charge in [-0.15, -0.1) is 24.0 Å². The number of para-hydroxylation sites is 3. The highest BCUT2D eigenvalue weighted by atomic mass is 127. The highest BCUT2D eigenvalue weighted by molar-refractivity contribution is 14.0. The van der Waals surface area contributed by atoms with Crippen LogP contribution in [-0.2, 0) is 6.42 Å². The van der Waals surface area contributed by atoms with E-state index in [1.54, 1.807) is 0 Å². The van der Waals surface area contributed by atoms with Crippen LogP contribution in [0.3, 0.4) is 0 Å². The number of hydrogen-bond donors (Lipinski definition) is 2. The van der Waals surface area contributed by atoms with Crippen molar-refractivity contribution in [3.05, 3.63) is 60.4 Å². The van der Waals surface area contributed by atoms with Gasteiger partial charge in [-0.3, -0.25) is 4.99 Å². The SMILES string of the molecule is CCNC(=NCCCc1nc2ccccc2[nH]1)N1CCN(c2ccccc2)CC1.I. The number of aryl methyl sites for hydroxylation is 1. The molecule has 0 bridgehead atoms. The lowest BCUT2D eigenvalue weighted by molar-refractivity contribution is 0.372. The van der Waals surface area contributed by atoms with Crippen molar-refractivity contribution in [3.8, 4) is 0 Å². The summed E-state index contributed by atoms with van der Waals surface area (Å²) in [4.78, 5) is 17.8. The number of benzene rings is 2. The Kier molecular flexibility index (Phi) is 8.36. The maximum absolute atomic E-state index is 4.88. The molecule has 1 aliphatic heterocycles. The minimum Gasteiger partial charge on any atom is -0.368 e. The molecule has 0 amide bonds. The van der Waals surface area contributed by atoms with Crippen molar-refractivity contribution in [3.63, 3.8) is 0 Å². The Bertz CT molecular complexity index is 898. The number of aliphatic imine (C=N–C) groups is 1. The van der Waals surface area contributed by atoms with Gasteiger partial charge in [0, 0.05) is 51.4 Å². The molecule has 0 unspecified atom stereocenters. The largest absolute Gasteiger partial charge is 0.368 e. The summed E-state index contributed by atoms with van der Waals surface area (Å²) in [7, 11) is 0. The molecule has 0 radical (unpaired) electrons. The van der Waals surface area contributed by atoms with Crippen molar-refractivity contribution in [1.29, 1.82) is 0 Å².